The molecule has 2 heterocycles. The van der Waals surface area contributed by atoms with Crippen LogP contribution in [-0.4, -0.2) is 15.0 Å². The maximum atomic E-state index is 12.8. The molecule has 1 fully saturated rings. The van der Waals surface area contributed by atoms with E-state index in [0.29, 0.717) is 29.1 Å². The number of hydrogen-bond donors (Lipinski definition) is 1. The lowest BCUT2D eigenvalue weighted by Gasteiger charge is -2.24. The minimum Gasteiger partial charge on any atom is -0.329 e. The Hall–Kier alpha value is -2.01. The van der Waals surface area contributed by atoms with Crippen LogP contribution < -0.4 is 11.0 Å². The van der Waals surface area contributed by atoms with Crippen molar-refractivity contribution in [3.05, 3.63) is 45.5 Å². The summed E-state index contributed by atoms with van der Waals surface area (Å²) in [5.41, 5.74) is 2.95. The van der Waals surface area contributed by atoms with Gasteiger partial charge in [-0.3, -0.25) is 13.9 Å². The summed E-state index contributed by atoms with van der Waals surface area (Å²) in [5, 5.41) is 3.23. The highest BCUT2D eigenvalue weighted by molar-refractivity contribution is 6.35. The van der Waals surface area contributed by atoms with Crippen LogP contribution in [0.25, 0.3) is 11.0 Å². The molecule has 1 aliphatic rings. The van der Waals surface area contributed by atoms with Gasteiger partial charge >= 0.3 is 5.69 Å². The molecule has 0 spiro atoms. The number of nitrogens with one attached hydrogen (secondary N) is 1. The van der Waals surface area contributed by atoms with E-state index in [2.05, 4.69) is 25.7 Å². The number of piperidine rings is 1. The highest BCUT2D eigenvalue weighted by Gasteiger charge is 2.31. The Labute approximate surface area is 139 Å². The molecular formula is C17H20ClN3O2. The molecule has 23 heavy (non-hydrogen) atoms. The Balaban J connectivity index is 2.32. The van der Waals surface area contributed by atoms with Crippen LogP contribution in [0, 0.1) is 0 Å². The van der Waals surface area contributed by atoms with Gasteiger partial charge in [-0.2, -0.15) is 0 Å². The summed E-state index contributed by atoms with van der Waals surface area (Å²) in [5.74, 6) is 0.0399. The molecule has 1 N–H and O–H groups in total. The lowest BCUT2D eigenvalue weighted by molar-refractivity contribution is -0.124. The maximum Gasteiger partial charge on any atom is 0.329 e. The highest BCUT2D eigenvalue weighted by atomic mass is 35.5. The topological polar surface area (TPSA) is 56.0 Å². The predicted molar refractivity (Wildman–Crippen MR) is 91.8 cm³/mol. The average Bonchev–Trinajstić information content (AvgIpc) is 2.73. The van der Waals surface area contributed by atoms with Gasteiger partial charge in [0.1, 0.15) is 6.04 Å². The lowest BCUT2D eigenvalue weighted by atomic mass is 10.0. The summed E-state index contributed by atoms with van der Waals surface area (Å²) in [6, 6.07) is 3.19. The van der Waals surface area contributed by atoms with Crippen LogP contribution in [0.5, 0.6) is 0 Å². The first kappa shape index (κ1) is 15.9. The Morgan fingerprint density at radius 2 is 2.00 bits per heavy atom. The zero-order valence-electron chi connectivity index (χ0n) is 13.5. The number of fused-ring (bicyclic) bond motifs is 1. The van der Waals surface area contributed by atoms with Crippen LogP contribution in [0.3, 0.4) is 0 Å². The molecule has 0 radical (unpaired) electrons. The molecule has 6 heteroatoms. The molecule has 0 bridgehead atoms. The van der Waals surface area contributed by atoms with E-state index in [1.54, 1.807) is 17.7 Å². The van der Waals surface area contributed by atoms with Gasteiger partial charge in [0.2, 0.25) is 5.91 Å². The van der Waals surface area contributed by atoms with Crippen LogP contribution in [0.1, 0.15) is 44.2 Å². The monoisotopic (exact) mass is 333 g/mol. The first-order valence-corrected chi connectivity index (χ1v) is 8.08. The lowest BCUT2D eigenvalue weighted by Crippen LogP contribution is -2.40. The zero-order chi connectivity index (χ0) is 16.9. The number of halogens is 1. The third kappa shape index (κ3) is 2.39. The molecule has 122 valence electrons. The number of carbonyl (C=O) groups excluding carboxylic acids is 1. The molecular weight excluding hydrogens is 314 g/mol. The van der Waals surface area contributed by atoms with Crippen LogP contribution in [0.2, 0.25) is 5.02 Å². The molecule has 1 aromatic heterocycles. The number of imidazole rings is 1. The first-order chi connectivity index (χ1) is 10.8. The fraction of sp³-hybridized carbons (Fsp3) is 0.412. The largest absolute Gasteiger partial charge is 0.329 e. The SMILES string of the molecule is C=C1CCC(n2c(=O)n(C)c3c(C(C)C)ccc(Cl)c32)C(=O)N1. The molecule has 1 unspecified atom stereocenters. The number of aryl methyl sites for hydroxylation is 1. The van der Waals surface area contributed by atoms with Crippen molar-refractivity contribution in [2.45, 2.75) is 38.6 Å². The van der Waals surface area contributed by atoms with Crippen molar-refractivity contribution in [2.24, 2.45) is 7.05 Å². The molecule has 3 rings (SSSR count). The Kier molecular flexibility index (Phi) is 3.84. The summed E-state index contributed by atoms with van der Waals surface area (Å²) in [6.07, 6.45) is 1.20. The van der Waals surface area contributed by atoms with Crippen molar-refractivity contribution in [2.75, 3.05) is 0 Å². The molecule has 2 aromatic rings. The second kappa shape index (κ2) is 5.57. The minimum absolute atomic E-state index is 0.207. The van der Waals surface area contributed by atoms with E-state index in [-0.39, 0.29) is 17.5 Å². The second-order valence-corrected chi connectivity index (χ2v) is 6.75. The van der Waals surface area contributed by atoms with Gasteiger partial charge in [-0.1, -0.05) is 38.1 Å². The number of nitrogens with zero attached hydrogens (tertiary/aromatic N) is 2. The predicted octanol–water partition coefficient (Wildman–Crippen LogP) is 3.08. The van der Waals surface area contributed by atoms with Crippen molar-refractivity contribution in [3.8, 4) is 0 Å². The van der Waals surface area contributed by atoms with E-state index >= 15 is 0 Å². The van der Waals surface area contributed by atoms with Gasteiger partial charge in [0.15, 0.2) is 0 Å². The van der Waals surface area contributed by atoms with E-state index < -0.39 is 6.04 Å². The second-order valence-electron chi connectivity index (χ2n) is 6.35. The molecule has 0 aliphatic carbocycles. The van der Waals surface area contributed by atoms with E-state index in [9.17, 15) is 9.59 Å². The van der Waals surface area contributed by atoms with Gasteiger partial charge in [-0.15, -0.1) is 0 Å². The average molecular weight is 334 g/mol. The van der Waals surface area contributed by atoms with Gasteiger partial charge in [-0.25, -0.2) is 4.79 Å². The normalized spacial score (nSPS) is 18.7. The van der Waals surface area contributed by atoms with Crippen LogP contribution >= 0.6 is 11.6 Å². The molecule has 1 saturated heterocycles. The highest BCUT2D eigenvalue weighted by Crippen LogP contribution is 2.33. The van der Waals surface area contributed by atoms with E-state index in [1.807, 2.05) is 6.07 Å². The number of benzene rings is 1. The van der Waals surface area contributed by atoms with Gasteiger partial charge in [-0.05, 0) is 30.4 Å². The van der Waals surface area contributed by atoms with Gasteiger partial charge in [0.05, 0.1) is 16.1 Å². The Bertz CT molecular complexity index is 876. The molecule has 5 nitrogen and oxygen atoms in total. The zero-order valence-corrected chi connectivity index (χ0v) is 14.3. The van der Waals surface area contributed by atoms with Crippen molar-refractivity contribution in [3.63, 3.8) is 0 Å². The van der Waals surface area contributed by atoms with Crippen molar-refractivity contribution in [1.29, 1.82) is 0 Å². The third-order valence-electron chi connectivity index (χ3n) is 4.46. The number of carbonyl (C=O) groups is 1. The third-order valence-corrected chi connectivity index (χ3v) is 4.76. The Morgan fingerprint density at radius 1 is 1.30 bits per heavy atom. The fourth-order valence-electron chi connectivity index (χ4n) is 3.27. The standard InChI is InChI=1S/C17H20ClN3O2/c1-9(2)11-6-7-12(18)15-14(11)20(4)17(23)21(15)13-8-5-10(3)19-16(13)22/h6-7,9,13H,3,5,8H2,1-2,4H3,(H,19,22). The van der Waals surface area contributed by atoms with Gasteiger partial charge in [0, 0.05) is 12.7 Å². The first-order valence-electron chi connectivity index (χ1n) is 7.71. The fourth-order valence-corrected chi connectivity index (χ4v) is 3.51. The van der Waals surface area contributed by atoms with Crippen molar-refractivity contribution in [1.82, 2.24) is 14.5 Å². The summed E-state index contributed by atoms with van der Waals surface area (Å²) >= 11 is 6.40. The van der Waals surface area contributed by atoms with Crippen LogP contribution in [-0.2, 0) is 11.8 Å². The summed E-state index contributed by atoms with van der Waals surface area (Å²) < 4.78 is 3.12. The van der Waals surface area contributed by atoms with Gasteiger partial charge < -0.3 is 5.32 Å². The summed E-state index contributed by atoms with van der Waals surface area (Å²) in [4.78, 5) is 25.2. The number of rotatable bonds is 2. The number of amides is 1. The van der Waals surface area contributed by atoms with E-state index in [0.717, 1.165) is 11.1 Å². The van der Waals surface area contributed by atoms with Crippen LogP contribution in [0.15, 0.2) is 29.2 Å². The molecule has 1 aliphatic heterocycles. The quantitative estimate of drug-likeness (QED) is 0.918. The Morgan fingerprint density at radius 3 is 2.61 bits per heavy atom. The number of hydrogen-bond acceptors (Lipinski definition) is 2. The summed E-state index contributed by atoms with van der Waals surface area (Å²) in [6.45, 7) is 7.93. The molecule has 1 atom stereocenters. The summed E-state index contributed by atoms with van der Waals surface area (Å²) in [7, 11) is 1.73. The van der Waals surface area contributed by atoms with Crippen molar-refractivity contribution >= 4 is 28.5 Å². The van der Waals surface area contributed by atoms with E-state index in [4.69, 9.17) is 11.6 Å². The molecule has 1 aromatic carbocycles. The number of aromatic nitrogens is 2. The van der Waals surface area contributed by atoms with Gasteiger partial charge in [0.25, 0.3) is 0 Å². The molecule has 1 amide bonds. The smallest absolute Gasteiger partial charge is 0.329 e. The maximum absolute atomic E-state index is 12.8. The van der Waals surface area contributed by atoms with Crippen molar-refractivity contribution < 1.29 is 4.79 Å². The van der Waals surface area contributed by atoms with Crippen LogP contribution in [0.4, 0.5) is 0 Å². The number of allylic oxidation sites excluding steroid dienone is 1. The molecule has 0 saturated carbocycles. The minimum atomic E-state index is -0.559. The van der Waals surface area contributed by atoms with E-state index in [1.165, 1.54) is 4.57 Å².